The van der Waals surface area contributed by atoms with Crippen molar-refractivity contribution in [1.29, 1.82) is 0 Å². The van der Waals surface area contributed by atoms with Gasteiger partial charge in [0, 0.05) is 5.39 Å². The highest BCUT2D eigenvalue weighted by molar-refractivity contribution is 5.84. The third-order valence-corrected chi connectivity index (χ3v) is 2.64. The first-order valence-electron chi connectivity index (χ1n) is 5.28. The summed E-state index contributed by atoms with van der Waals surface area (Å²) in [6.45, 7) is 4.79. The number of aromatic nitrogens is 1. The molecule has 0 unspecified atom stereocenters. The van der Waals surface area contributed by atoms with Crippen LogP contribution in [0.1, 0.15) is 25.0 Å². The summed E-state index contributed by atoms with van der Waals surface area (Å²) in [5.74, 6) is -1.37. The van der Waals surface area contributed by atoms with E-state index in [1.54, 1.807) is 13.0 Å². The van der Waals surface area contributed by atoms with E-state index in [4.69, 9.17) is 0 Å². The summed E-state index contributed by atoms with van der Waals surface area (Å²) in [7, 11) is 0. The van der Waals surface area contributed by atoms with Crippen LogP contribution in [0.5, 0.6) is 0 Å². The van der Waals surface area contributed by atoms with Crippen molar-refractivity contribution >= 4 is 10.9 Å². The van der Waals surface area contributed by atoms with Gasteiger partial charge in [-0.15, -0.1) is 0 Å². The summed E-state index contributed by atoms with van der Waals surface area (Å²) in [5.41, 5.74) is -0.258. The van der Waals surface area contributed by atoms with Gasteiger partial charge in [0.1, 0.15) is 11.3 Å². The van der Waals surface area contributed by atoms with Gasteiger partial charge in [0.2, 0.25) is 5.95 Å². The Bertz CT molecular complexity index is 588. The lowest BCUT2D eigenvalue weighted by Gasteiger charge is -2.20. The van der Waals surface area contributed by atoms with Gasteiger partial charge in [-0.1, -0.05) is 0 Å². The van der Waals surface area contributed by atoms with E-state index in [0.717, 1.165) is 6.07 Å². The number of rotatable bonds is 1. The number of aliphatic hydroxyl groups is 1. The number of halogens is 2. The van der Waals surface area contributed by atoms with Crippen LogP contribution in [0, 0.1) is 18.7 Å². The Morgan fingerprint density at radius 3 is 2.41 bits per heavy atom. The molecule has 1 N–H and O–H groups in total. The minimum absolute atomic E-state index is 0.0484. The Labute approximate surface area is 97.9 Å². The first-order chi connectivity index (χ1) is 7.79. The summed E-state index contributed by atoms with van der Waals surface area (Å²) >= 11 is 0. The molecule has 0 amide bonds. The number of aryl methyl sites for hydroxylation is 1. The first kappa shape index (κ1) is 11.9. The van der Waals surface area contributed by atoms with Gasteiger partial charge in [0.05, 0.1) is 5.60 Å². The molecule has 0 radical (unpaired) electrons. The zero-order valence-electron chi connectivity index (χ0n) is 9.88. The highest BCUT2D eigenvalue weighted by Gasteiger charge is 2.22. The molecule has 1 aromatic heterocycles. The lowest BCUT2D eigenvalue weighted by Crippen LogP contribution is -2.17. The molecular formula is C13H13F2NO. The predicted octanol–water partition coefficient (Wildman–Crippen LogP) is 3.05. The normalized spacial score (nSPS) is 12.1. The van der Waals surface area contributed by atoms with Crippen LogP contribution in [0.2, 0.25) is 0 Å². The fourth-order valence-corrected chi connectivity index (χ4v) is 1.90. The van der Waals surface area contributed by atoms with E-state index in [9.17, 15) is 13.9 Å². The summed E-state index contributed by atoms with van der Waals surface area (Å²) in [4.78, 5) is 3.54. The molecule has 0 spiro atoms. The Morgan fingerprint density at radius 1 is 1.18 bits per heavy atom. The fourth-order valence-electron chi connectivity index (χ4n) is 1.90. The lowest BCUT2D eigenvalue weighted by molar-refractivity contribution is 0.0797. The van der Waals surface area contributed by atoms with Crippen molar-refractivity contribution in [2.24, 2.45) is 0 Å². The average Bonchev–Trinajstić information content (AvgIpc) is 2.16. The zero-order valence-corrected chi connectivity index (χ0v) is 9.88. The van der Waals surface area contributed by atoms with Crippen LogP contribution in [0.15, 0.2) is 18.2 Å². The van der Waals surface area contributed by atoms with Gasteiger partial charge < -0.3 is 5.11 Å². The van der Waals surface area contributed by atoms with Crippen LogP contribution in [0.25, 0.3) is 10.9 Å². The van der Waals surface area contributed by atoms with Crippen LogP contribution in [0.3, 0.4) is 0 Å². The van der Waals surface area contributed by atoms with Gasteiger partial charge in [-0.05, 0) is 50.1 Å². The van der Waals surface area contributed by atoms with Gasteiger partial charge in [-0.25, -0.2) is 9.37 Å². The van der Waals surface area contributed by atoms with Crippen LogP contribution in [-0.2, 0) is 5.60 Å². The number of fused-ring (bicyclic) bond motifs is 1. The molecule has 0 aliphatic rings. The van der Waals surface area contributed by atoms with Crippen molar-refractivity contribution in [3.8, 4) is 0 Å². The Morgan fingerprint density at radius 2 is 1.82 bits per heavy atom. The minimum Gasteiger partial charge on any atom is -0.386 e. The Balaban J connectivity index is 2.93. The number of nitrogens with zero attached hydrogens (tertiary/aromatic N) is 1. The lowest BCUT2D eigenvalue weighted by atomic mass is 9.94. The molecular weight excluding hydrogens is 224 g/mol. The largest absolute Gasteiger partial charge is 0.386 e. The molecule has 2 rings (SSSR count). The molecule has 0 atom stereocenters. The summed E-state index contributed by atoms with van der Waals surface area (Å²) in [5, 5.41) is 10.4. The van der Waals surface area contributed by atoms with E-state index >= 15 is 0 Å². The van der Waals surface area contributed by atoms with E-state index < -0.39 is 17.4 Å². The van der Waals surface area contributed by atoms with Gasteiger partial charge in [-0.3, -0.25) is 0 Å². The smallest absolute Gasteiger partial charge is 0.213 e. The number of pyridine rings is 1. The minimum atomic E-state index is -1.25. The zero-order chi connectivity index (χ0) is 12.8. The van der Waals surface area contributed by atoms with E-state index in [0.29, 0.717) is 16.5 Å². The molecule has 0 aliphatic heterocycles. The van der Waals surface area contributed by atoms with Crippen molar-refractivity contribution in [3.63, 3.8) is 0 Å². The Kier molecular flexibility index (Phi) is 2.62. The van der Waals surface area contributed by atoms with E-state index in [1.807, 2.05) is 0 Å². The topological polar surface area (TPSA) is 33.1 Å². The molecule has 2 aromatic rings. The van der Waals surface area contributed by atoms with Crippen molar-refractivity contribution in [1.82, 2.24) is 4.98 Å². The molecule has 90 valence electrons. The quantitative estimate of drug-likeness (QED) is 0.773. The monoisotopic (exact) mass is 237 g/mol. The SMILES string of the molecule is Cc1cc(F)c2nc(F)cc(C(C)(C)O)c2c1. The maximum atomic E-state index is 13.7. The molecule has 0 aliphatic carbocycles. The maximum absolute atomic E-state index is 13.7. The highest BCUT2D eigenvalue weighted by Crippen LogP contribution is 2.30. The van der Waals surface area contributed by atoms with E-state index in [-0.39, 0.29) is 5.52 Å². The summed E-state index contributed by atoms with van der Waals surface area (Å²) < 4.78 is 27.0. The number of hydrogen-bond donors (Lipinski definition) is 1. The van der Waals surface area contributed by atoms with E-state index in [2.05, 4.69) is 4.98 Å². The fraction of sp³-hybridized carbons (Fsp3) is 0.308. The number of benzene rings is 1. The third kappa shape index (κ3) is 2.13. The molecule has 0 fully saturated rings. The average molecular weight is 237 g/mol. The predicted molar refractivity (Wildman–Crippen MR) is 61.6 cm³/mol. The first-order valence-corrected chi connectivity index (χ1v) is 5.28. The maximum Gasteiger partial charge on any atom is 0.213 e. The second kappa shape index (κ2) is 3.74. The molecule has 0 bridgehead atoms. The summed E-state index contributed by atoms with van der Waals surface area (Å²) in [6, 6.07) is 4.13. The third-order valence-electron chi connectivity index (χ3n) is 2.64. The number of hydrogen-bond acceptors (Lipinski definition) is 2. The second-order valence-corrected chi connectivity index (χ2v) is 4.69. The van der Waals surface area contributed by atoms with Crippen LogP contribution in [0.4, 0.5) is 8.78 Å². The molecule has 17 heavy (non-hydrogen) atoms. The molecule has 2 nitrogen and oxygen atoms in total. The molecule has 0 saturated heterocycles. The molecule has 4 heteroatoms. The van der Waals surface area contributed by atoms with Crippen molar-refractivity contribution in [2.75, 3.05) is 0 Å². The van der Waals surface area contributed by atoms with Crippen molar-refractivity contribution < 1.29 is 13.9 Å². The van der Waals surface area contributed by atoms with Gasteiger partial charge in [-0.2, -0.15) is 4.39 Å². The van der Waals surface area contributed by atoms with Gasteiger partial charge in [0.15, 0.2) is 0 Å². The van der Waals surface area contributed by atoms with Crippen LogP contribution in [-0.4, -0.2) is 10.1 Å². The van der Waals surface area contributed by atoms with E-state index in [1.165, 1.54) is 19.9 Å². The molecule has 0 saturated carbocycles. The highest BCUT2D eigenvalue weighted by atomic mass is 19.1. The molecule has 1 heterocycles. The van der Waals surface area contributed by atoms with Gasteiger partial charge in [0.25, 0.3) is 0 Å². The van der Waals surface area contributed by atoms with Gasteiger partial charge >= 0.3 is 0 Å². The van der Waals surface area contributed by atoms with Crippen molar-refractivity contribution in [3.05, 3.63) is 41.1 Å². The second-order valence-electron chi connectivity index (χ2n) is 4.69. The van der Waals surface area contributed by atoms with Crippen LogP contribution < -0.4 is 0 Å². The Hall–Kier alpha value is -1.55. The van der Waals surface area contributed by atoms with Crippen LogP contribution >= 0.6 is 0 Å². The molecule has 1 aromatic carbocycles. The standard InChI is InChI=1S/C13H13F2NO/c1-7-4-8-9(13(2,3)17)6-11(15)16-12(8)10(14)5-7/h4-6,17H,1-3H3. The summed E-state index contributed by atoms with van der Waals surface area (Å²) in [6.07, 6.45) is 0. The van der Waals surface area contributed by atoms with Crippen molar-refractivity contribution in [2.45, 2.75) is 26.4 Å².